The van der Waals surface area contributed by atoms with Gasteiger partial charge in [0.05, 0.1) is 19.2 Å². The summed E-state index contributed by atoms with van der Waals surface area (Å²) in [4.78, 5) is 32.6. The van der Waals surface area contributed by atoms with Gasteiger partial charge in [0, 0.05) is 7.11 Å². The minimum absolute atomic E-state index is 0.248. The zero-order chi connectivity index (χ0) is 13.3. The molecule has 0 bridgehead atoms. The lowest BCUT2D eigenvalue weighted by molar-refractivity contribution is 0.187. The lowest BCUT2D eigenvalue weighted by Crippen LogP contribution is -2.31. The molecule has 0 aliphatic carbocycles. The van der Waals surface area contributed by atoms with Crippen LogP contribution in [0.2, 0.25) is 0 Å². The molecule has 2 aromatic heterocycles. The van der Waals surface area contributed by atoms with Crippen LogP contribution < -0.4 is 17.0 Å². The van der Waals surface area contributed by atoms with E-state index in [0.29, 0.717) is 24.6 Å². The van der Waals surface area contributed by atoms with Gasteiger partial charge in [-0.15, -0.1) is 0 Å². The molecule has 0 amide bonds. The third-order valence-corrected chi connectivity index (χ3v) is 2.60. The maximum Gasteiger partial charge on any atom is 0.330 e. The van der Waals surface area contributed by atoms with Crippen LogP contribution >= 0.6 is 0 Å². The number of fused-ring (bicyclic) bond motifs is 1. The quantitative estimate of drug-likeness (QED) is 0.651. The molecular weight excluding hydrogens is 238 g/mol. The third kappa shape index (κ3) is 2.07. The first-order valence-corrected chi connectivity index (χ1v) is 5.52. The number of aromatic amines is 2. The molecule has 0 spiro atoms. The van der Waals surface area contributed by atoms with Gasteiger partial charge < -0.3 is 15.5 Å². The second kappa shape index (κ2) is 4.75. The van der Waals surface area contributed by atoms with Crippen LogP contribution in [-0.4, -0.2) is 33.2 Å². The molecule has 98 valence electrons. The van der Waals surface area contributed by atoms with E-state index in [9.17, 15) is 9.59 Å². The fraction of sp³-hybridized carbons (Fsp3) is 0.500. The Morgan fingerprint density at radius 3 is 2.78 bits per heavy atom. The predicted molar refractivity (Wildman–Crippen MR) is 65.5 cm³/mol. The van der Waals surface area contributed by atoms with Crippen LogP contribution in [-0.2, 0) is 11.3 Å². The summed E-state index contributed by atoms with van der Waals surface area (Å²) in [5, 5.41) is 0. The second-order valence-electron chi connectivity index (χ2n) is 4.01. The van der Waals surface area contributed by atoms with Crippen LogP contribution in [0.3, 0.4) is 0 Å². The highest BCUT2D eigenvalue weighted by Crippen LogP contribution is 2.09. The summed E-state index contributed by atoms with van der Waals surface area (Å²) in [6, 6.07) is -0.345. The number of ether oxygens (including phenoxy) is 1. The highest BCUT2D eigenvalue weighted by Gasteiger charge is 2.14. The average molecular weight is 253 g/mol. The Morgan fingerprint density at radius 2 is 2.17 bits per heavy atom. The fourth-order valence-electron chi connectivity index (χ4n) is 1.66. The highest BCUT2D eigenvalue weighted by atomic mass is 16.5. The number of hydrogen-bond acceptors (Lipinski definition) is 5. The third-order valence-electron chi connectivity index (χ3n) is 2.60. The van der Waals surface area contributed by atoms with E-state index >= 15 is 0 Å². The molecule has 0 aromatic carbocycles. The van der Waals surface area contributed by atoms with Gasteiger partial charge in [-0.25, -0.2) is 9.78 Å². The average Bonchev–Trinajstić information content (AvgIpc) is 2.74. The molecule has 0 radical (unpaired) electrons. The minimum atomic E-state index is -0.507. The highest BCUT2D eigenvalue weighted by molar-refractivity contribution is 5.69. The van der Waals surface area contributed by atoms with Gasteiger partial charge in [0.25, 0.3) is 5.56 Å². The number of nitrogens with two attached hydrogens (primary N) is 1. The summed E-state index contributed by atoms with van der Waals surface area (Å²) in [5.41, 5.74) is 5.24. The molecular formula is C10H15N5O3. The van der Waals surface area contributed by atoms with Gasteiger partial charge in [-0.2, -0.15) is 0 Å². The van der Waals surface area contributed by atoms with Crippen molar-refractivity contribution >= 4 is 11.2 Å². The Labute approximate surface area is 102 Å². The SMILES string of the molecule is COCCn1c(=O)[nH]c(=O)c2[nH]c(C(C)N)nc21. The lowest BCUT2D eigenvalue weighted by Gasteiger charge is -2.04. The van der Waals surface area contributed by atoms with Crippen LogP contribution in [0.4, 0.5) is 0 Å². The number of imidazole rings is 1. The number of nitrogens with zero attached hydrogens (tertiary/aromatic N) is 2. The molecule has 8 heteroatoms. The van der Waals surface area contributed by atoms with Gasteiger partial charge in [-0.3, -0.25) is 14.3 Å². The molecule has 1 atom stereocenters. The van der Waals surface area contributed by atoms with Crippen molar-refractivity contribution in [2.45, 2.75) is 19.5 Å². The van der Waals surface area contributed by atoms with Crippen molar-refractivity contribution in [2.75, 3.05) is 13.7 Å². The summed E-state index contributed by atoms with van der Waals surface area (Å²) in [5.74, 6) is 0.465. The Kier molecular flexibility index (Phi) is 3.30. The van der Waals surface area contributed by atoms with E-state index in [1.807, 2.05) is 0 Å². The maximum atomic E-state index is 11.7. The minimum Gasteiger partial charge on any atom is -0.383 e. The molecule has 18 heavy (non-hydrogen) atoms. The Bertz CT molecular complexity index is 666. The van der Waals surface area contributed by atoms with Crippen molar-refractivity contribution in [3.8, 4) is 0 Å². The monoisotopic (exact) mass is 253 g/mol. The Hall–Kier alpha value is -1.93. The van der Waals surface area contributed by atoms with Crippen LogP contribution in [0.5, 0.6) is 0 Å². The predicted octanol–water partition coefficient (Wildman–Crippen LogP) is -0.921. The van der Waals surface area contributed by atoms with Crippen molar-refractivity contribution in [2.24, 2.45) is 5.73 Å². The molecule has 2 heterocycles. The zero-order valence-corrected chi connectivity index (χ0v) is 10.2. The van der Waals surface area contributed by atoms with Crippen LogP contribution in [0, 0.1) is 0 Å². The number of H-pyrrole nitrogens is 2. The van der Waals surface area contributed by atoms with Crippen molar-refractivity contribution in [1.82, 2.24) is 19.5 Å². The van der Waals surface area contributed by atoms with E-state index in [1.165, 1.54) is 11.7 Å². The summed E-state index contributed by atoms with van der Waals surface area (Å²) in [6.45, 7) is 2.40. The van der Waals surface area contributed by atoms with Crippen LogP contribution in [0.25, 0.3) is 11.2 Å². The van der Waals surface area contributed by atoms with Crippen molar-refractivity contribution in [3.63, 3.8) is 0 Å². The Morgan fingerprint density at radius 1 is 1.44 bits per heavy atom. The molecule has 0 aliphatic rings. The van der Waals surface area contributed by atoms with Crippen molar-refractivity contribution in [1.29, 1.82) is 0 Å². The first-order valence-electron chi connectivity index (χ1n) is 5.52. The fourth-order valence-corrected chi connectivity index (χ4v) is 1.66. The number of rotatable bonds is 4. The molecule has 2 aromatic rings. The van der Waals surface area contributed by atoms with E-state index in [0.717, 1.165) is 0 Å². The number of hydrogen-bond donors (Lipinski definition) is 3. The number of nitrogens with one attached hydrogen (secondary N) is 2. The van der Waals surface area contributed by atoms with Gasteiger partial charge in [-0.05, 0) is 6.92 Å². The largest absolute Gasteiger partial charge is 0.383 e. The summed E-state index contributed by atoms with van der Waals surface area (Å²) in [6.07, 6.45) is 0. The van der Waals surface area contributed by atoms with Crippen LogP contribution in [0.15, 0.2) is 9.59 Å². The molecule has 0 fully saturated rings. The van der Waals surface area contributed by atoms with E-state index in [4.69, 9.17) is 10.5 Å². The van der Waals surface area contributed by atoms with Crippen molar-refractivity contribution < 1.29 is 4.74 Å². The summed E-state index contributed by atoms with van der Waals surface area (Å²) >= 11 is 0. The smallest absolute Gasteiger partial charge is 0.330 e. The molecule has 8 nitrogen and oxygen atoms in total. The first kappa shape index (κ1) is 12.5. The standard InChI is InChI=1S/C10H15N5O3/c1-5(11)7-12-6-8(13-7)15(3-4-18-2)10(17)14-9(6)16/h5H,3-4,11H2,1-2H3,(H,12,13)(H,14,16,17). The van der Waals surface area contributed by atoms with E-state index in [1.54, 1.807) is 6.92 Å². The van der Waals surface area contributed by atoms with Crippen molar-refractivity contribution in [3.05, 3.63) is 26.7 Å². The molecule has 0 saturated carbocycles. The Balaban J connectivity index is 2.68. The van der Waals surface area contributed by atoms with Gasteiger partial charge >= 0.3 is 5.69 Å². The first-order chi connectivity index (χ1) is 8.54. The molecule has 0 aliphatic heterocycles. The van der Waals surface area contributed by atoms with Crippen LogP contribution in [0.1, 0.15) is 18.8 Å². The molecule has 0 saturated heterocycles. The topological polar surface area (TPSA) is 119 Å². The molecule has 4 N–H and O–H groups in total. The lowest BCUT2D eigenvalue weighted by atomic mass is 10.3. The van der Waals surface area contributed by atoms with Gasteiger partial charge in [0.2, 0.25) is 0 Å². The summed E-state index contributed by atoms with van der Waals surface area (Å²) in [7, 11) is 1.53. The van der Waals surface area contributed by atoms with Gasteiger partial charge in [-0.1, -0.05) is 0 Å². The molecule has 2 rings (SSSR count). The maximum absolute atomic E-state index is 11.7. The van der Waals surface area contributed by atoms with E-state index < -0.39 is 11.2 Å². The van der Waals surface area contributed by atoms with E-state index in [2.05, 4.69) is 15.0 Å². The summed E-state index contributed by atoms with van der Waals surface area (Å²) < 4.78 is 6.27. The second-order valence-corrected chi connectivity index (χ2v) is 4.01. The van der Waals surface area contributed by atoms with E-state index in [-0.39, 0.29) is 11.6 Å². The van der Waals surface area contributed by atoms with Gasteiger partial charge in [0.15, 0.2) is 5.65 Å². The van der Waals surface area contributed by atoms with Gasteiger partial charge in [0.1, 0.15) is 11.3 Å². The molecule has 1 unspecified atom stereocenters. The number of methoxy groups -OCH3 is 1. The number of aromatic nitrogens is 4. The normalized spacial score (nSPS) is 13.1. The zero-order valence-electron chi connectivity index (χ0n) is 10.2.